The lowest BCUT2D eigenvalue weighted by Gasteiger charge is -2.09. The van der Waals surface area contributed by atoms with Crippen molar-refractivity contribution in [3.8, 4) is 0 Å². The number of halogens is 1. The second-order valence-corrected chi connectivity index (χ2v) is 3.31. The fourth-order valence-electron chi connectivity index (χ4n) is 0.866. The Balaban J connectivity index is 2.39. The van der Waals surface area contributed by atoms with E-state index in [9.17, 15) is 0 Å². The maximum absolute atomic E-state index is 5.74. The summed E-state index contributed by atoms with van der Waals surface area (Å²) in [5.74, 6) is 0. The molecule has 0 aromatic carbocycles. The number of rotatable bonds is 3. The lowest BCUT2D eigenvalue weighted by atomic mass is 10.6. The number of aromatic nitrogens is 1. The molecule has 1 heterocycles. The van der Waals surface area contributed by atoms with E-state index in [2.05, 4.69) is 23.6 Å². The summed E-state index contributed by atoms with van der Waals surface area (Å²) in [4.78, 5) is 2.15. The third-order valence-electron chi connectivity index (χ3n) is 1.52. The zero-order valence-electron chi connectivity index (χ0n) is 6.92. The lowest BCUT2D eigenvalue weighted by Crippen LogP contribution is -2.17. The smallest absolute Gasteiger partial charge is 0.0582 e. The van der Waals surface area contributed by atoms with Gasteiger partial charge in [0.1, 0.15) is 0 Å². The van der Waals surface area contributed by atoms with Gasteiger partial charge in [0.25, 0.3) is 0 Å². The van der Waals surface area contributed by atoms with E-state index in [1.807, 2.05) is 18.5 Å². The molecule has 1 aromatic heterocycles. The minimum atomic E-state index is 0.809. The van der Waals surface area contributed by atoms with Gasteiger partial charge in [-0.05, 0) is 20.2 Å². The van der Waals surface area contributed by atoms with E-state index in [4.69, 9.17) is 11.6 Å². The van der Waals surface area contributed by atoms with E-state index in [0.717, 1.165) is 18.1 Å². The summed E-state index contributed by atoms with van der Waals surface area (Å²) in [5, 5.41) is 0.809. The number of hydrogen-bond donors (Lipinski definition) is 0. The first-order chi connectivity index (χ1) is 5.18. The first-order valence-electron chi connectivity index (χ1n) is 3.64. The van der Waals surface area contributed by atoms with E-state index in [1.54, 1.807) is 0 Å². The fraction of sp³-hybridized carbons (Fsp3) is 0.500. The molecule has 0 aliphatic carbocycles. The van der Waals surface area contributed by atoms with E-state index in [-0.39, 0.29) is 0 Å². The highest BCUT2D eigenvalue weighted by Gasteiger charge is 1.93. The third kappa shape index (κ3) is 2.95. The summed E-state index contributed by atoms with van der Waals surface area (Å²) in [5.41, 5.74) is 0. The maximum Gasteiger partial charge on any atom is 0.0582 e. The van der Waals surface area contributed by atoms with Gasteiger partial charge in [0.2, 0.25) is 0 Å². The molecule has 0 saturated carbocycles. The van der Waals surface area contributed by atoms with Crippen LogP contribution in [-0.2, 0) is 6.54 Å². The monoisotopic (exact) mass is 172 g/mol. The molecule has 0 amide bonds. The Labute approximate surface area is 72.4 Å². The second-order valence-electron chi connectivity index (χ2n) is 2.87. The van der Waals surface area contributed by atoms with Crippen LogP contribution < -0.4 is 0 Å². The topological polar surface area (TPSA) is 8.17 Å². The molecule has 0 aliphatic heterocycles. The van der Waals surface area contributed by atoms with Crippen LogP contribution in [0.2, 0.25) is 5.02 Å². The molecule has 0 N–H and O–H groups in total. The predicted octanol–water partition coefficient (Wildman–Crippen LogP) is 1.70. The molecule has 0 saturated heterocycles. The highest BCUT2D eigenvalue weighted by atomic mass is 35.5. The van der Waals surface area contributed by atoms with Gasteiger partial charge >= 0.3 is 0 Å². The van der Waals surface area contributed by atoms with E-state index >= 15 is 0 Å². The maximum atomic E-state index is 5.74. The van der Waals surface area contributed by atoms with Gasteiger partial charge < -0.3 is 9.47 Å². The van der Waals surface area contributed by atoms with E-state index < -0.39 is 0 Å². The highest BCUT2D eigenvalue weighted by molar-refractivity contribution is 6.30. The van der Waals surface area contributed by atoms with Crippen LogP contribution in [0.1, 0.15) is 0 Å². The highest BCUT2D eigenvalue weighted by Crippen LogP contribution is 2.07. The molecule has 3 heteroatoms. The summed E-state index contributed by atoms with van der Waals surface area (Å²) in [6.45, 7) is 2.05. The Bertz CT molecular complexity index is 218. The number of hydrogen-bond acceptors (Lipinski definition) is 1. The van der Waals surface area contributed by atoms with E-state index in [1.165, 1.54) is 0 Å². The van der Waals surface area contributed by atoms with E-state index in [0.29, 0.717) is 0 Å². The Kier molecular flexibility index (Phi) is 2.97. The van der Waals surface area contributed by atoms with Crippen molar-refractivity contribution in [2.75, 3.05) is 20.6 Å². The molecule has 0 unspecified atom stereocenters. The van der Waals surface area contributed by atoms with Gasteiger partial charge in [0.05, 0.1) is 5.02 Å². The van der Waals surface area contributed by atoms with Crippen LogP contribution in [0.3, 0.4) is 0 Å². The normalized spacial score (nSPS) is 10.9. The molecule has 0 aliphatic rings. The molecule has 0 bridgehead atoms. The molecule has 11 heavy (non-hydrogen) atoms. The van der Waals surface area contributed by atoms with Crippen LogP contribution in [0.15, 0.2) is 18.5 Å². The molecule has 2 nitrogen and oxygen atoms in total. The van der Waals surface area contributed by atoms with Gasteiger partial charge in [-0.3, -0.25) is 0 Å². The van der Waals surface area contributed by atoms with Crippen LogP contribution >= 0.6 is 11.6 Å². The number of likely N-dealkylation sites (N-methyl/N-ethyl adjacent to an activating group) is 1. The van der Waals surface area contributed by atoms with Crippen molar-refractivity contribution < 1.29 is 0 Å². The molecule has 0 radical (unpaired) electrons. The number of nitrogens with zero attached hydrogens (tertiary/aromatic N) is 2. The van der Waals surface area contributed by atoms with Gasteiger partial charge in [-0.2, -0.15) is 0 Å². The van der Waals surface area contributed by atoms with Gasteiger partial charge in [0, 0.05) is 25.5 Å². The molecule has 62 valence electrons. The Morgan fingerprint density at radius 3 is 2.73 bits per heavy atom. The minimum absolute atomic E-state index is 0.809. The first kappa shape index (κ1) is 8.62. The average Bonchev–Trinajstić information content (AvgIpc) is 2.31. The quantitative estimate of drug-likeness (QED) is 0.674. The van der Waals surface area contributed by atoms with Crippen molar-refractivity contribution in [1.82, 2.24) is 9.47 Å². The van der Waals surface area contributed by atoms with Crippen LogP contribution in [-0.4, -0.2) is 30.1 Å². The molecular formula is C8H13ClN2. The Morgan fingerprint density at radius 2 is 2.27 bits per heavy atom. The van der Waals surface area contributed by atoms with Crippen molar-refractivity contribution in [2.24, 2.45) is 0 Å². The lowest BCUT2D eigenvalue weighted by molar-refractivity contribution is 0.384. The summed E-state index contributed by atoms with van der Waals surface area (Å²) in [6, 6.07) is 1.90. The van der Waals surface area contributed by atoms with Crippen LogP contribution in [0.5, 0.6) is 0 Å². The van der Waals surface area contributed by atoms with Gasteiger partial charge in [-0.15, -0.1) is 0 Å². The van der Waals surface area contributed by atoms with Crippen LogP contribution in [0.4, 0.5) is 0 Å². The molecule has 0 spiro atoms. The molecule has 0 fully saturated rings. The Morgan fingerprint density at radius 1 is 1.55 bits per heavy atom. The van der Waals surface area contributed by atoms with Gasteiger partial charge in [-0.1, -0.05) is 11.6 Å². The van der Waals surface area contributed by atoms with Gasteiger partial charge in [0.15, 0.2) is 0 Å². The van der Waals surface area contributed by atoms with Crippen molar-refractivity contribution >= 4 is 11.6 Å². The average molecular weight is 173 g/mol. The minimum Gasteiger partial charge on any atom is -0.351 e. The predicted molar refractivity (Wildman–Crippen MR) is 48.0 cm³/mol. The summed E-state index contributed by atoms with van der Waals surface area (Å²) >= 11 is 5.74. The molecule has 1 aromatic rings. The molecule has 1 rings (SSSR count). The van der Waals surface area contributed by atoms with Crippen molar-refractivity contribution in [3.63, 3.8) is 0 Å². The van der Waals surface area contributed by atoms with Crippen LogP contribution in [0.25, 0.3) is 0 Å². The molecule has 0 atom stereocenters. The summed E-state index contributed by atoms with van der Waals surface area (Å²) in [7, 11) is 4.12. The first-order valence-corrected chi connectivity index (χ1v) is 4.02. The second kappa shape index (κ2) is 3.79. The van der Waals surface area contributed by atoms with Crippen LogP contribution in [0, 0.1) is 0 Å². The molecular weight excluding hydrogens is 160 g/mol. The fourth-order valence-corrected chi connectivity index (χ4v) is 1.05. The standard InChI is InChI=1S/C8H13ClN2/c1-10(2)5-6-11-4-3-8(9)7-11/h3-4,7H,5-6H2,1-2H3. The SMILES string of the molecule is CN(C)CCn1ccc(Cl)c1. The Hall–Kier alpha value is -0.470. The van der Waals surface area contributed by atoms with Crippen molar-refractivity contribution in [3.05, 3.63) is 23.5 Å². The van der Waals surface area contributed by atoms with Gasteiger partial charge in [-0.25, -0.2) is 0 Å². The summed E-state index contributed by atoms with van der Waals surface area (Å²) in [6.07, 6.45) is 3.93. The van der Waals surface area contributed by atoms with Crippen molar-refractivity contribution in [2.45, 2.75) is 6.54 Å². The summed E-state index contributed by atoms with van der Waals surface area (Å²) < 4.78 is 2.09. The largest absolute Gasteiger partial charge is 0.351 e. The third-order valence-corrected chi connectivity index (χ3v) is 1.74. The zero-order chi connectivity index (χ0) is 8.27. The van der Waals surface area contributed by atoms with Crippen molar-refractivity contribution in [1.29, 1.82) is 0 Å². The zero-order valence-corrected chi connectivity index (χ0v) is 7.67.